The van der Waals surface area contributed by atoms with Gasteiger partial charge in [0.1, 0.15) is 12.1 Å². The van der Waals surface area contributed by atoms with Crippen molar-refractivity contribution >= 4 is 17.8 Å². The van der Waals surface area contributed by atoms with Crippen LogP contribution in [0.15, 0.2) is 42.7 Å². The van der Waals surface area contributed by atoms with E-state index in [1.807, 2.05) is 36.5 Å². The summed E-state index contributed by atoms with van der Waals surface area (Å²) in [6.45, 7) is 1.77. The molecule has 1 atom stereocenters. The van der Waals surface area contributed by atoms with E-state index >= 15 is 0 Å². The van der Waals surface area contributed by atoms with Crippen LogP contribution in [0.5, 0.6) is 0 Å². The second-order valence-corrected chi connectivity index (χ2v) is 7.20. The Morgan fingerprint density at radius 1 is 1.33 bits per heavy atom. The van der Waals surface area contributed by atoms with Gasteiger partial charge in [0.05, 0.1) is 5.69 Å². The van der Waals surface area contributed by atoms with Gasteiger partial charge in [-0.25, -0.2) is 9.48 Å². The maximum absolute atomic E-state index is 12.6. The zero-order valence-electron chi connectivity index (χ0n) is 15.0. The van der Waals surface area contributed by atoms with Crippen LogP contribution < -0.4 is 10.6 Å². The molecule has 1 aliphatic carbocycles. The molecule has 0 bridgehead atoms. The van der Waals surface area contributed by atoms with Crippen molar-refractivity contribution in [1.29, 1.82) is 0 Å². The van der Waals surface area contributed by atoms with Crippen LogP contribution in [0.2, 0.25) is 0 Å². The molecule has 1 aromatic heterocycles. The molecule has 0 radical (unpaired) electrons. The van der Waals surface area contributed by atoms with Gasteiger partial charge in [-0.1, -0.05) is 12.1 Å². The van der Waals surface area contributed by atoms with Gasteiger partial charge in [-0.15, -0.1) is 0 Å². The second kappa shape index (κ2) is 6.53. The molecule has 8 heteroatoms. The highest BCUT2D eigenvalue weighted by Crippen LogP contribution is 2.42. The topological polar surface area (TPSA) is 96.3 Å². The number of urea groups is 1. The highest BCUT2D eigenvalue weighted by molar-refractivity contribution is 6.09. The molecule has 140 valence electrons. The molecular formula is C19H21N5O3. The number of hydrogen-bond acceptors (Lipinski definition) is 4. The fourth-order valence-corrected chi connectivity index (χ4v) is 3.43. The zero-order valence-corrected chi connectivity index (χ0v) is 15.0. The Balaban J connectivity index is 1.36. The molecule has 4 amide bonds. The first-order chi connectivity index (χ1) is 13.0. The van der Waals surface area contributed by atoms with Crippen molar-refractivity contribution in [2.75, 3.05) is 6.54 Å². The SMILES string of the molecule is CC1(C2CC2)NC(=O)N(CC(=O)NCc2cccc(-n3cccn3)c2)C1=O. The Bertz CT molecular complexity index is 891. The fraction of sp³-hybridized carbons (Fsp3) is 0.368. The van der Waals surface area contributed by atoms with Crippen LogP contribution in [0.1, 0.15) is 25.3 Å². The van der Waals surface area contributed by atoms with Crippen LogP contribution in [-0.4, -0.2) is 44.6 Å². The van der Waals surface area contributed by atoms with Crippen molar-refractivity contribution in [3.8, 4) is 5.69 Å². The lowest BCUT2D eigenvalue weighted by Crippen LogP contribution is -2.46. The number of carbonyl (C=O) groups is 3. The molecule has 2 aliphatic rings. The summed E-state index contributed by atoms with van der Waals surface area (Å²) in [5.41, 5.74) is 0.924. The summed E-state index contributed by atoms with van der Waals surface area (Å²) < 4.78 is 1.73. The lowest BCUT2D eigenvalue weighted by Gasteiger charge is -2.20. The molecule has 2 fully saturated rings. The molecule has 1 saturated heterocycles. The van der Waals surface area contributed by atoms with Gasteiger partial charge in [-0.2, -0.15) is 5.10 Å². The first-order valence-corrected chi connectivity index (χ1v) is 8.97. The molecule has 1 unspecified atom stereocenters. The maximum atomic E-state index is 12.6. The van der Waals surface area contributed by atoms with Crippen molar-refractivity contribution in [3.05, 3.63) is 48.3 Å². The highest BCUT2D eigenvalue weighted by Gasteiger charge is 2.56. The van der Waals surface area contributed by atoms with Gasteiger partial charge in [0.2, 0.25) is 5.91 Å². The van der Waals surface area contributed by atoms with E-state index in [9.17, 15) is 14.4 Å². The Hall–Kier alpha value is -3.16. The summed E-state index contributed by atoms with van der Waals surface area (Å²) in [5, 5.41) is 9.69. The average molecular weight is 367 g/mol. The van der Waals surface area contributed by atoms with E-state index < -0.39 is 11.6 Å². The van der Waals surface area contributed by atoms with Crippen LogP contribution in [0.4, 0.5) is 4.79 Å². The smallest absolute Gasteiger partial charge is 0.325 e. The molecule has 2 N–H and O–H groups in total. The first kappa shape index (κ1) is 17.3. The summed E-state index contributed by atoms with van der Waals surface area (Å²) in [6.07, 6.45) is 5.39. The molecule has 1 aromatic carbocycles. The van der Waals surface area contributed by atoms with Crippen molar-refractivity contribution in [2.24, 2.45) is 5.92 Å². The van der Waals surface area contributed by atoms with Gasteiger partial charge in [-0.3, -0.25) is 14.5 Å². The summed E-state index contributed by atoms with van der Waals surface area (Å²) in [4.78, 5) is 38.0. The molecule has 1 saturated carbocycles. The highest BCUT2D eigenvalue weighted by atomic mass is 16.2. The van der Waals surface area contributed by atoms with Crippen molar-refractivity contribution in [2.45, 2.75) is 31.8 Å². The summed E-state index contributed by atoms with van der Waals surface area (Å²) in [5.74, 6) is -0.513. The third kappa shape index (κ3) is 3.30. The van der Waals surface area contributed by atoms with E-state index in [-0.39, 0.29) is 24.3 Å². The maximum Gasteiger partial charge on any atom is 0.325 e. The van der Waals surface area contributed by atoms with Crippen LogP contribution in [-0.2, 0) is 16.1 Å². The van der Waals surface area contributed by atoms with Gasteiger partial charge < -0.3 is 10.6 Å². The molecule has 27 heavy (non-hydrogen) atoms. The number of nitrogens with one attached hydrogen (secondary N) is 2. The number of amides is 4. The third-order valence-corrected chi connectivity index (χ3v) is 5.17. The quantitative estimate of drug-likeness (QED) is 0.750. The van der Waals surface area contributed by atoms with E-state index in [0.29, 0.717) is 6.54 Å². The van der Waals surface area contributed by atoms with Gasteiger partial charge in [0.25, 0.3) is 5.91 Å². The summed E-state index contributed by atoms with van der Waals surface area (Å²) >= 11 is 0. The summed E-state index contributed by atoms with van der Waals surface area (Å²) in [6, 6.07) is 8.96. The van der Waals surface area contributed by atoms with Gasteiger partial charge >= 0.3 is 6.03 Å². The lowest BCUT2D eigenvalue weighted by molar-refractivity contribution is -0.135. The molecule has 2 aromatic rings. The number of rotatable bonds is 6. The van der Waals surface area contributed by atoms with Crippen LogP contribution in [0, 0.1) is 5.92 Å². The Morgan fingerprint density at radius 2 is 2.15 bits per heavy atom. The number of hydrogen-bond donors (Lipinski definition) is 2. The second-order valence-electron chi connectivity index (χ2n) is 7.20. The Kier molecular flexibility index (Phi) is 4.18. The molecular weight excluding hydrogens is 346 g/mol. The number of carbonyl (C=O) groups excluding carboxylic acids is 3. The standard InChI is InChI=1S/C19H21N5O3/c1-19(14-6-7-14)17(26)23(18(27)22-19)12-16(25)20-11-13-4-2-5-15(10-13)24-9-3-8-21-24/h2-5,8-10,14H,6-7,11-12H2,1H3,(H,20,25)(H,22,27). The molecule has 4 rings (SSSR count). The zero-order chi connectivity index (χ0) is 19.0. The minimum absolute atomic E-state index is 0.173. The number of aromatic nitrogens is 2. The minimum atomic E-state index is -0.866. The number of imide groups is 1. The number of benzene rings is 1. The van der Waals surface area contributed by atoms with Crippen molar-refractivity contribution in [1.82, 2.24) is 25.3 Å². The molecule has 0 spiro atoms. The van der Waals surface area contributed by atoms with Crippen molar-refractivity contribution in [3.63, 3.8) is 0 Å². The van der Waals surface area contributed by atoms with E-state index in [2.05, 4.69) is 15.7 Å². The van der Waals surface area contributed by atoms with Gasteiger partial charge in [-0.05, 0) is 49.4 Å². The van der Waals surface area contributed by atoms with E-state index in [0.717, 1.165) is 29.0 Å². The third-order valence-electron chi connectivity index (χ3n) is 5.17. The van der Waals surface area contributed by atoms with Crippen LogP contribution >= 0.6 is 0 Å². The lowest BCUT2D eigenvalue weighted by atomic mass is 9.96. The molecule has 8 nitrogen and oxygen atoms in total. The van der Waals surface area contributed by atoms with E-state index in [4.69, 9.17) is 0 Å². The average Bonchev–Trinajstić information content (AvgIpc) is 3.34. The van der Waals surface area contributed by atoms with E-state index in [1.54, 1.807) is 17.8 Å². The summed E-state index contributed by atoms with van der Waals surface area (Å²) in [7, 11) is 0. The predicted octanol–water partition coefficient (Wildman–Crippen LogP) is 1.21. The Labute approximate surface area is 156 Å². The normalized spacial score (nSPS) is 22.0. The van der Waals surface area contributed by atoms with E-state index in [1.165, 1.54) is 0 Å². The largest absolute Gasteiger partial charge is 0.350 e. The first-order valence-electron chi connectivity index (χ1n) is 8.97. The monoisotopic (exact) mass is 367 g/mol. The van der Waals surface area contributed by atoms with Crippen LogP contribution in [0.25, 0.3) is 5.69 Å². The molecule has 2 heterocycles. The Morgan fingerprint density at radius 3 is 2.85 bits per heavy atom. The number of nitrogens with zero attached hydrogens (tertiary/aromatic N) is 3. The van der Waals surface area contributed by atoms with Gasteiger partial charge in [0, 0.05) is 18.9 Å². The van der Waals surface area contributed by atoms with Crippen molar-refractivity contribution < 1.29 is 14.4 Å². The van der Waals surface area contributed by atoms with Crippen LogP contribution in [0.3, 0.4) is 0 Å². The predicted molar refractivity (Wildman–Crippen MR) is 96.8 cm³/mol. The minimum Gasteiger partial charge on any atom is -0.350 e. The fourth-order valence-electron chi connectivity index (χ4n) is 3.43. The molecule has 1 aliphatic heterocycles. The van der Waals surface area contributed by atoms with Gasteiger partial charge in [0.15, 0.2) is 0 Å².